The van der Waals surface area contributed by atoms with Gasteiger partial charge in [0.2, 0.25) is 4.77 Å². The molecule has 0 spiro atoms. The molecule has 1 fully saturated rings. The highest BCUT2D eigenvalue weighted by Gasteiger charge is 2.30. The molecule has 8 heteroatoms. The first kappa shape index (κ1) is 18.3. The Morgan fingerprint density at radius 2 is 2.36 bits per heavy atom. The molecule has 0 aliphatic carbocycles. The van der Waals surface area contributed by atoms with Crippen molar-refractivity contribution in [2.75, 3.05) is 19.7 Å². The highest BCUT2D eigenvalue weighted by molar-refractivity contribution is 7.71. The number of nitrogens with zero attached hydrogens (tertiary/aromatic N) is 3. The van der Waals surface area contributed by atoms with Crippen molar-refractivity contribution in [3.8, 4) is 10.7 Å². The van der Waals surface area contributed by atoms with Gasteiger partial charge in [0.05, 0.1) is 24.6 Å². The first-order valence-corrected chi connectivity index (χ1v) is 10.1. The van der Waals surface area contributed by atoms with Crippen molar-refractivity contribution >= 4 is 29.5 Å². The van der Waals surface area contributed by atoms with E-state index in [4.69, 9.17) is 22.1 Å². The van der Waals surface area contributed by atoms with Gasteiger partial charge in [0.1, 0.15) is 5.92 Å². The molecule has 3 rings (SSSR count). The quantitative estimate of drug-likeness (QED) is 0.614. The largest absolute Gasteiger partial charge is 0.466 e. The van der Waals surface area contributed by atoms with E-state index in [-0.39, 0.29) is 11.9 Å². The lowest BCUT2D eigenvalue weighted by Crippen LogP contribution is -3.13. The molecule has 1 aliphatic rings. The summed E-state index contributed by atoms with van der Waals surface area (Å²) in [5.41, 5.74) is 0. The number of piperidine rings is 1. The van der Waals surface area contributed by atoms with Gasteiger partial charge in [-0.2, -0.15) is 4.68 Å². The van der Waals surface area contributed by atoms with Gasteiger partial charge in [0.25, 0.3) is 0 Å². The predicted molar refractivity (Wildman–Crippen MR) is 100 cm³/mol. The molecule has 2 atom stereocenters. The number of quaternary nitrogens is 1. The summed E-state index contributed by atoms with van der Waals surface area (Å²) in [6.45, 7) is 7.70. The summed E-state index contributed by atoms with van der Waals surface area (Å²) in [7, 11) is 0. The van der Waals surface area contributed by atoms with Crippen molar-refractivity contribution in [2.45, 2.75) is 39.9 Å². The van der Waals surface area contributed by atoms with Crippen molar-refractivity contribution in [1.82, 2.24) is 14.3 Å². The van der Waals surface area contributed by atoms with Crippen LogP contribution in [0.1, 0.15) is 26.7 Å². The van der Waals surface area contributed by atoms with Crippen LogP contribution in [0.15, 0.2) is 17.5 Å². The van der Waals surface area contributed by atoms with Gasteiger partial charge in [0.15, 0.2) is 12.5 Å². The van der Waals surface area contributed by atoms with Gasteiger partial charge in [-0.05, 0) is 50.4 Å². The van der Waals surface area contributed by atoms with Crippen LogP contribution in [0.2, 0.25) is 0 Å². The van der Waals surface area contributed by atoms with Crippen LogP contribution in [0.4, 0.5) is 0 Å². The van der Waals surface area contributed by atoms with Gasteiger partial charge in [-0.25, -0.2) is 0 Å². The minimum Gasteiger partial charge on any atom is -0.466 e. The van der Waals surface area contributed by atoms with Crippen molar-refractivity contribution in [2.24, 2.45) is 5.92 Å². The fourth-order valence-corrected chi connectivity index (χ4v) is 4.42. The van der Waals surface area contributed by atoms with Gasteiger partial charge in [0, 0.05) is 6.54 Å². The number of aromatic nitrogens is 3. The molecule has 3 heterocycles. The van der Waals surface area contributed by atoms with Gasteiger partial charge in [-0.1, -0.05) is 6.07 Å². The fraction of sp³-hybridized carbons (Fsp3) is 0.588. The molecular formula is C17H25N4O2S2+. The van der Waals surface area contributed by atoms with E-state index >= 15 is 0 Å². The molecule has 1 aliphatic heterocycles. The summed E-state index contributed by atoms with van der Waals surface area (Å²) < 4.78 is 9.93. The summed E-state index contributed by atoms with van der Waals surface area (Å²) in [6, 6.07) is 4.10. The van der Waals surface area contributed by atoms with E-state index in [1.54, 1.807) is 11.3 Å². The Morgan fingerprint density at radius 3 is 3.04 bits per heavy atom. The molecule has 2 aromatic rings. The van der Waals surface area contributed by atoms with E-state index in [2.05, 4.69) is 22.9 Å². The van der Waals surface area contributed by atoms with Crippen molar-refractivity contribution in [1.29, 1.82) is 0 Å². The third-order valence-corrected chi connectivity index (χ3v) is 5.89. The zero-order chi connectivity index (χ0) is 17.8. The number of rotatable bonds is 6. The predicted octanol–water partition coefficient (Wildman–Crippen LogP) is 1.98. The molecule has 0 aromatic carbocycles. The summed E-state index contributed by atoms with van der Waals surface area (Å²) in [6.07, 6.45) is 1.94. The lowest BCUT2D eigenvalue weighted by atomic mass is 9.99. The number of hydrogen-bond donors (Lipinski definition) is 1. The second-order valence-corrected chi connectivity index (χ2v) is 7.59. The normalized spacial score (nSPS) is 20.6. The second-order valence-electron chi connectivity index (χ2n) is 6.28. The Balaban J connectivity index is 1.77. The molecule has 25 heavy (non-hydrogen) atoms. The molecule has 0 radical (unpaired) electrons. The summed E-state index contributed by atoms with van der Waals surface area (Å²) in [5, 5.41) is 6.83. The highest BCUT2D eigenvalue weighted by Crippen LogP contribution is 2.23. The Labute approximate surface area is 157 Å². The van der Waals surface area contributed by atoms with E-state index in [0.29, 0.717) is 13.3 Å². The van der Waals surface area contributed by atoms with Gasteiger partial charge in [-0.3, -0.25) is 9.36 Å². The van der Waals surface area contributed by atoms with Crippen LogP contribution in [0.5, 0.6) is 0 Å². The summed E-state index contributed by atoms with van der Waals surface area (Å²) in [4.78, 5) is 14.5. The highest BCUT2D eigenvalue weighted by atomic mass is 32.1. The van der Waals surface area contributed by atoms with Crippen LogP contribution < -0.4 is 4.90 Å². The molecule has 1 saturated heterocycles. The maximum absolute atomic E-state index is 12.0. The molecule has 1 N–H and O–H groups in total. The van der Waals surface area contributed by atoms with Crippen LogP contribution in [-0.4, -0.2) is 40.0 Å². The number of esters is 1. The van der Waals surface area contributed by atoms with Crippen molar-refractivity contribution < 1.29 is 14.4 Å². The third kappa shape index (κ3) is 4.02. The van der Waals surface area contributed by atoms with E-state index in [0.717, 1.165) is 47.9 Å². The molecule has 0 saturated carbocycles. The number of ether oxygens (including phenoxy) is 1. The maximum Gasteiger partial charge on any atom is 0.314 e. The van der Waals surface area contributed by atoms with Gasteiger partial charge < -0.3 is 9.64 Å². The fourth-order valence-electron chi connectivity index (χ4n) is 3.38. The van der Waals surface area contributed by atoms with Crippen molar-refractivity contribution in [3.63, 3.8) is 0 Å². The molecule has 6 nitrogen and oxygen atoms in total. The van der Waals surface area contributed by atoms with Crippen LogP contribution in [0, 0.1) is 10.7 Å². The SMILES string of the molecule is CCOC(=O)[C@H]1CCC[NH+](Cn2nc(-c3cccs3)n(CC)c2=S)C1. The number of carbonyl (C=O) groups excluding carboxylic acids is 1. The van der Waals surface area contributed by atoms with E-state index in [1.807, 2.05) is 17.7 Å². The number of carbonyl (C=O) groups is 1. The minimum absolute atomic E-state index is 0.0112. The second kappa shape index (κ2) is 8.25. The molecule has 0 amide bonds. The van der Waals surface area contributed by atoms with E-state index in [1.165, 1.54) is 4.90 Å². The average Bonchev–Trinajstić information content (AvgIpc) is 3.24. The zero-order valence-corrected chi connectivity index (χ0v) is 16.4. The Bertz CT molecular complexity index is 766. The van der Waals surface area contributed by atoms with Crippen LogP contribution in [0.25, 0.3) is 10.7 Å². The monoisotopic (exact) mass is 381 g/mol. The first-order valence-electron chi connectivity index (χ1n) is 8.85. The molecule has 0 bridgehead atoms. The third-order valence-electron chi connectivity index (χ3n) is 4.59. The Hall–Kier alpha value is -1.51. The lowest BCUT2D eigenvalue weighted by Gasteiger charge is -2.28. The maximum atomic E-state index is 12.0. The number of hydrogen-bond acceptors (Lipinski definition) is 5. The average molecular weight is 382 g/mol. The Kier molecular flexibility index (Phi) is 6.03. The molecular weight excluding hydrogens is 356 g/mol. The Morgan fingerprint density at radius 1 is 1.52 bits per heavy atom. The number of likely N-dealkylation sites (tertiary alicyclic amines) is 1. The van der Waals surface area contributed by atoms with Crippen molar-refractivity contribution in [3.05, 3.63) is 22.3 Å². The smallest absolute Gasteiger partial charge is 0.314 e. The number of nitrogens with one attached hydrogen (secondary N) is 1. The van der Waals surface area contributed by atoms with E-state index < -0.39 is 0 Å². The molecule has 1 unspecified atom stereocenters. The summed E-state index contributed by atoms with van der Waals surface area (Å²) in [5.74, 6) is 0.852. The lowest BCUT2D eigenvalue weighted by molar-refractivity contribution is -0.930. The van der Waals surface area contributed by atoms with Gasteiger partial charge in [-0.15, -0.1) is 16.4 Å². The van der Waals surface area contributed by atoms with E-state index in [9.17, 15) is 4.79 Å². The molecule has 2 aromatic heterocycles. The van der Waals surface area contributed by atoms with Crippen LogP contribution in [-0.2, 0) is 22.7 Å². The van der Waals surface area contributed by atoms with Crippen LogP contribution in [0.3, 0.4) is 0 Å². The zero-order valence-electron chi connectivity index (χ0n) is 14.7. The van der Waals surface area contributed by atoms with Gasteiger partial charge >= 0.3 is 5.97 Å². The summed E-state index contributed by atoms with van der Waals surface area (Å²) >= 11 is 7.31. The molecule has 136 valence electrons. The first-order chi connectivity index (χ1) is 12.1. The van der Waals surface area contributed by atoms with Crippen LogP contribution >= 0.6 is 23.6 Å². The minimum atomic E-state index is -0.0679. The standard InChI is InChI=1S/C17H24N4O2S2/c1-3-20-15(14-8-6-10-25-14)18-21(17(20)24)12-19-9-5-7-13(11-19)16(22)23-4-2/h6,8,10,13H,3-5,7,9,11-12H2,1-2H3/p+1/t13-/m0/s1. The number of thiophene rings is 1. The topological polar surface area (TPSA) is 53.5 Å².